The molecule has 0 fully saturated rings. The van der Waals surface area contributed by atoms with Crippen LogP contribution in [0.3, 0.4) is 0 Å². The molecule has 2 aromatic carbocycles. The summed E-state index contributed by atoms with van der Waals surface area (Å²) in [5.74, 6) is -1.60. The lowest BCUT2D eigenvalue weighted by molar-refractivity contribution is -0.152. The molecule has 3 nitrogen and oxygen atoms in total. The first-order valence-corrected chi connectivity index (χ1v) is 7.92. The maximum absolute atomic E-state index is 13.9. The van der Waals surface area contributed by atoms with Gasteiger partial charge >= 0.3 is 12.1 Å². The Morgan fingerprint density at radius 1 is 1.12 bits per heavy atom. The van der Waals surface area contributed by atoms with Crippen LogP contribution in [0.4, 0.5) is 28.9 Å². The maximum Gasteiger partial charge on any atom is 0.413 e. The number of carbonyl (C=O) groups excluding carboxylic acids is 1. The van der Waals surface area contributed by atoms with Gasteiger partial charge in [0.05, 0.1) is 12.2 Å². The molecule has 0 aliphatic carbocycles. The molecule has 3 rings (SSSR count). The second-order valence-corrected chi connectivity index (χ2v) is 5.67. The van der Waals surface area contributed by atoms with Crippen molar-refractivity contribution >= 4 is 23.4 Å². The molecule has 0 N–H and O–H groups in total. The minimum absolute atomic E-state index is 0.0427. The van der Waals surface area contributed by atoms with E-state index in [-0.39, 0.29) is 18.0 Å². The van der Waals surface area contributed by atoms with Crippen LogP contribution in [-0.4, -0.2) is 24.8 Å². The first kappa shape index (κ1) is 18.0. The number of hydrogen-bond acceptors (Lipinski definition) is 3. The monoisotopic (exact) mass is 365 g/mol. The molecule has 0 aromatic heterocycles. The predicted octanol–water partition coefficient (Wildman–Crippen LogP) is 4.85. The van der Waals surface area contributed by atoms with Gasteiger partial charge in [0.2, 0.25) is 0 Å². The molecule has 1 unspecified atom stereocenters. The van der Waals surface area contributed by atoms with Crippen molar-refractivity contribution in [2.45, 2.75) is 19.1 Å². The van der Waals surface area contributed by atoms with Gasteiger partial charge in [0, 0.05) is 11.4 Å². The predicted molar refractivity (Wildman–Crippen MR) is 89.4 cm³/mol. The van der Waals surface area contributed by atoms with Crippen LogP contribution in [0.1, 0.15) is 12.5 Å². The largest absolute Gasteiger partial charge is 0.463 e. The van der Waals surface area contributed by atoms with Crippen LogP contribution in [0.25, 0.3) is 6.08 Å². The highest BCUT2D eigenvalue weighted by Gasteiger charge is 2.51. The molecular weight excluding hydrogens is 350 g/mol. The molecule has 26 heavy (non-hydrogen) atoms. The number of esters is 1. The number of fused-ring (bicyclic) bond motifs is 1. The zero-order valence-electron chi connectivity index (χ0n) is 13.8. The third-order valence-electron chi connectivity index (χ3n) is 3.99. The van der Waals surface area contributed by atoms with E-state index in [0.29, 0.717) is 5.56 Å². The van der Waals surface area contributed by atoms with Crippen LogP contribution in [-0.2, 0) is 9.53 Å². The van der Waals surface area contributed by atoms with Crippen molar-refractivity contribution < 1.29 is 27.1 Å². The number of para-hydroxylation sites is 1. The SMILES string of the molecule is CCOC(=O)C1=Cc2ccccc2N(c2ccc(F)cc2)C1C(F)(F)F. The molecule has 1 aliphatic rings. The fraction of sp³-hybridized carbons (Fsp3) is 0.211. The Bertz CT molecular complexity index is 843. The number of anilines is 2. The Kier molecular flexibility index (Phi) is 4.71. The minimum Gasteiger partial charge on any atom is -0.463 e. The molecule has 0 saturated carbocycles. The summed E-state index contributed by atoms with van der Waals surface area (Å²) in [4.78, 5) is 13.2. The summed E-state index contributed by atoms with van der Waals surface area (Å²) in [7, 11) is 0. The van der Waals surface area contributed by atoms with Gasteiger partial charge in [-0.05, 0) is 48.9 Å². The van der Waals surface area contributed by atoms with E-state index in [1.807, 2.05) is 0 Å². The fourth-order valence-electron chi connectivity index (χ4n) is 2.95. The van der Waals surface area contributed by atoms with Crippen LogP contribution in [0.2, 0.25) is 0 Å². The Hall–Kier alpha value is -2.83. The summed E-state index contributed by atoms with van der Waals surface area (Å²) in [6, 6.07) is 8.82. The quantitative estimate of drug-likeness (QED) is 0.575. The molecule has 7 heteroatoms. The fourth-order valence-corrected chi connectivity index (χ4v) is 2.95. The van der Waals surface area contributed by atoms with E-state index in [9.17, 15) is 22.4 Å². The van der Waals surface area contributed by atoms with Gasteiger partial charge in [-0.3, -0.25) is 0 Å². The van der Waals surface area contributed by atoms with Gasteiger partial charge in [0.25, 0.3) is 0 Å². The van der Waals surface area contributed by atoms with Gasteiger partial charge in [-0.2, -0.15) is 13.2 Å². The number of halogens is 4. The molecule has 2 aromatic rings. The van der Waals surface area contributed by atoms with Gasteiger partial charge in [-0.15, -0.1) is 0 Å². The average Bonchev–Trinajstić information content (AvgIpc) is 2.60. The molecular formula is C19H15F4NO2. The summed E-state index contributed by atoms with van der Waals surface area (Å²) in [5.41, 5.74) is 0.327. The van der Waals surface area contributed by atoms with Crippen molar-refractivity contribution in [3.05, 3.63) is 65.5 Å². The topological polar surface area (TPSA) is 29.5 Å². The number of carbonyl (C=O) groups is 1. The first-order valence-electron chi connectivity index (χ1n) is 7.92. The summed E-state index contributed by atoms with van der Waals surface area (Å²) in [6.07, 6.45) is -3.55. The number of benzene rings is 2. The first-order chi connectivity index (χ1) is 12.3. The third kappa shape index (κ3) is 3.29. The van der Waals surface area contributed by atoms with E-state index in [2.05, 4.69) is 0 Å². The molecule has 0 bridgehead atoms. The smallest absolute Gasteiger partial charge is 0.413 e. The summed E-state index contributed by atoms with van der Waals surface area (Å²) in [5, 5.41) is 0. The zero-order chi connectivity index (χ0) is 18.9. The molecule has 0 spiro atoms. The Balaban J connectivity index is 2.23. The van der Waals surface area contributed by atoms with E-state index >= 15 is 0 Å². The summed E-state index contributed by atoms with van der Waals surface area (Å²) < 4.78 is 59.9. The van der Waals surface area contributed by atoms with Crippen molar-refractivity contribution in [3.8, 4) is 0 Å². The summed E-state index contributed by atoms with van der Waals surface area (Å²) >= 11 is 0. The van der Waals surface area contributed by atoms with Gasteiger partial charge in [0.15, 0.2) is 6.04 Å². The Morgan fingerprint density at radius 2 is 1.77 bits per heavy atom. The maximum atomic E-state index is 13.9. The number of rotatable bonds is 3. The lowest BCUT2D eigenvalue weighted by Gasteiger charge is -2.39. The van der Waals surface area contributed by atoms with E-state index in [1.54, 1.807) is 18.2 Å². The average molecular weight is 365 g/mol. The highest BCUT2D eigenvalue weighted by molar-refractivity contribution is 6.00. The van der Waals surface area contributed by atoms with Gasteiger partial charge in [-0.1, -0.05) is 18.2 Å². The summed E-state index contributed by atoms with van der Waals surface area (Å²) in [6.45, 7) is 1.48. The number of ether oxygens (including phenoxy) is 1. The molecule has 0 radical (unpaired) electrons. The van der Waals surface area contributed by atoms with Crippen LogP contribution in [0.5, 0.6) is 0 Å². The molecule has 1 aliphatic heterocycles. The number of nitrogens with zero attached hydrogens (tertiary/aromatic N) is 1. The van der Waals surface area contributed by atoms with Crippen LogP contribution in [0, 0.1) is 5.82 Å². The van der Waals surface area contributed by atoms with Crippen LogP contribution >= 0.6 is 0 Å². The molecule has 1 heterocycles. The lowest BCUT2D eigenvalue weighted by Crippen LogP contribution is -2.48. The lowest BCUT2D eigenvalue weighted by atomic mass is 9.93. The second kappa shape index (κ2) is 6.82. The zero-order valence-corrected chi connectivity index (χ0v) is 13.8. The molecule has 0 saturated heterocycles. The van der Waals surface area contributed by atoms with Gasteiger partial charge in [0.1, 0.15) is 5.82 Å². The van der Waals surface area contributed by atoms with Crippen molar-refractivity contribution in [1.29, 1.82) is 0 Å². The van der Waals surface area contributed by atoms with Gasteiger partial charge in [-0.25, -0.2) is 9.18 Å². The second-order valence-electron chi connectivity index (χ2n) is 5.67. The highest BCUT2D eigenvalue weighted by atomic mass is 19.4. The molecule has 1 atom stereocenters. The Morgan fingerprint density at radius 3 is 2.38 bits per heavy atom. The van der Waals surface area contributed by atoms with Crippen molar-refractivity contribution in [2.24, 2.45) is 0 Å². The number of alkyl halides is 3. The van der Waals surface area contributed by atoms with Crippen molar-refractivity contribution in [3.63, 3.8) is 0 Å². The van der Waals surface area contributed by atoms with Gasteiger partial charge < -0.3 is 9.64 Å². The third-order valence-corrected chi connectivity index (χ3v) is 3.99. The van der Waals surface area contributed by atoms with Crippen LogP contribution in [0.15, 0.2) is 54.1 Å². The standard InChI is InChI=1S/C19H15F4NO2/c1-2-26-18(25)15-11-12-5-3-4-6-16(12)24(17(15)19(21,22)23)14-9-7-13(20)8-10-14/h3-11,17H,2H2,1H3. The normalized spacial score (nSPS) is 16.7. The van der Waals surface area contributed by atoms with E-state index in [0.717, 1.165) is 17.0 Å². The van der Waals surface area contributed by atoms with Crippen molar-refractivity contribution in [1.82, 2.24) is 0 Å². The molecule has 136 valence electrons. The van der Waals surface area contributed by atoms with E-state index in [4.69, 9.17) is 4.74 Å². The molecule has 0 amide bonds. The highest BCUT2D eigenvalue weighted by Crippen LogP contribution is 2.44. The van der Waals surface area contributed by atoms with Crippen LogP contribution < -0.4 is 4.90 Å². The van der Waals surface area contributed by atoms with Crippen molar-refractivity contribution in [2.75, 3.05) is 11.5 Å². The minimum atomic E-state index is -4.75. The Labute approximate surface area is 147 Å². The van der Waals surface area contributed by atoms with E-state index < -0.39 is 29.6 Å². The van der Waals surface area contributed by atoms with E-state index in [1.165, 1.54) is 31.2 Å². The number of hydrogen-bond donors (Lipinski definition) is 0.